The molecule has 0 spiro atoms. The van der Waals surface area contributed by atoms with E-state index < -0.39 is 29.6 Å². The lowest BCUT2D eigenvalue weighted by atomic mass is 9.97. The molecule has 2 fully saturated rings. The van der Waals surface area contributed by atoms with Gasteiger partial charge in [-0.05, 0) is 63.2 Å². The fourth-order valence-electron chi connectivity index (χ4n) is 4.03. The van der Waals surface area contributed by atoms with E-state index in [2.05, 4.69) is 16.6 Å². The van der Waals surface area contributed by atoms with Crippen LogP contribution in [-0.4, -0.2) is 72.9 Å². The Bertz CT molecular complexity index is 1350. The van der Waals surface area contributed by atoms with E-state index in [9.17, 15) is 19.2 Å². The Balaban J connectivity index is 1.50. The minimum absolute atomic E-state index is 0.0311. The number of hydrazine groups is 1. The summed E-state index contributed by atoms with van der Waals surface area (Å²) in [6, 6.07) is 10.2. The van der Waals surface area contributed by atoms with E-state index >= 15 is 0 Å². The highest BCUT2D eigenvalue weighted by Crippen LogP contribution is 2.30. The first kappa shape index (κ1) is 28.7. The number of hydrogen-bond acceptors (Lipinski definition) is 6. The Hall–Kier alpha value is -4.27. The summed E-state index contributed by atoms with van der Waals surface area (Å²) < 4.78 is 10.8. The number of carbonyl (C=O) groups excluding carboxylic acids is 4. The third kappa shape index (κ3) is 6.65. The lowest BCUT2D eigenvalue weighted by Crippen LogP contribution is -2.48. The van der Waals surface area contributed by atoms with Crippen molar-refractivity contribution in [2.75, 3.05) is 48.4 Å². The van der Waals surface area contributed by atoms with Crippen LogP contribution < -0.4 is 15.5 Å². The van der Waals surface area contributed by atoms with Gasteiger partial charge in [-0.3, -0.25) is 9.59 Å². The number of esters is 1. The molecule has 0 radical (unpaired) electrons. The number of terminal acetylenes is 1. The number of nitrogens with zero attached hydrogens (tertiary/aromatic N) is 3. The van der Waals surface area contributed by atoms with Gasteiger partial charge in [-0.15, -0.1) is 6.42 Å². The predicted octanol–water partition coefficient (Wildman–Crippen LogP) is 3.94. The fraction of sp³-hybridized carbons (Fsp3) is 0.357. The van der Waals surface area contributed by atoms with Crippen LogP contribution in [0.15, 0.2) is 42.5 Å². The molecule has 4 rings (SSSR count). The third-order valence-electron chi connectivity index (χ3n) is 6.18. The second kappa shape index (κ2) is 11.9. The molecular formula is C28H30ClN5O6. The van der Waals surface area contributed by atoms with Gasteiger partial charge in [0, 0.05) is 23.5 Å². The maximum absolute atomic E-state index is 13.4. The van der Waals surface area contributed by atoms with Crippen molar-refractivity contribution in [1.82, 2.24) is 10.0 Å². The van der Waals surface area contributed by atoms with Crippen molar-refractivity contribution in [2.24, 2.45) is 5.41 Å². The maximum atomic E-state index is 13.4. The van der Waals surface area contributed by atoms with Crippen LogP contribution in [0.5, 0.6) is 0 Å². The molecule has 5 amide bonds. The molecule has 0 saturated carbocycles. The van der Waals surface area contributed by atoms with Crippen molar-refractivity contribution in [3.63, 3.8) is 0 Å². The number of rotatable bonds is 4. The van der Waals surface area contributed by atoms with E-state index in [-0.39, 0.29) is 30.6 Å². The van der Waals surface area contributed by atoms with Gasteiger partial charge < -0.3 is 25.0 Å². The van der Waals surface area contributed by atoms with Crippen LogP contribution in [0.4, 0.5) is 26.7 Å². The standard InChI is InChI=1S/C28H30ClN5O6/c1-5-18-6-8-19(9-7-18)30-26(37)33-15-21(40-25(36)28(2,3)4)16-34(33)27(38)31-20-10-11-23(22(29)14-20)32-12-13-39-17-24(32)35/h1,6-11,14,21H,12-13,15-17H2,2-4H3,(H,30,37)(H,31,38). The number of carbonyl (C=O) groups is 4. The summed E-state index contributed by atoms with van der Waals surface area (Å²) in [4.78, 5) is 52.8. The van der Waals surface area contributed by atoms with Gasteiger partial charge >= 0.3 is 18.0 Å². The van der Waals surface area contributed by atoms with Gasteiger partial charge in [0.05, 0.1) is 35.8 Å². The van der Waals surface area contributed by atoms with Gasteiger partial charge in [0.2, 0.25) is 0 Å². The van der Waals surface area contributed by atoms with Gasteiger partial charge in [0.25, 0.3) is 5.91 Å². The van der Waals surface area contributed by atoms with Gasteiger partial charge in [0.1, 0.15) is 12.7 Å². The van der Waals surface area contributed by atoms with Crippen LogP contribution in [0.3, 0.4) is 0 Å². The Labute approximate surface area is 237 Å². The molecule has 0 aromatic heterocycles. The van der Waals surface area contributed by atoms with Crippen molar-refractivity contribution in [3.8, 4) is 12.3 Å². The van der Waals surface area contributed by atoms with Gasteiger partial charge in [-0.25, -0.2) is 19.6 Å². The summed E-state index contributed by atoms with van der Waals surface area (Å²) in [6.45, 7) is 5.79. The summed E-state index contributed by atoms with van der Waals surface area (Å²) in [7, 11) is 0. The minimum atomic E-state index is -0.762. The number of morpholine rings is 1. The van der Waals surface area contributed by atoms with E-state index in [0.29, 0.717) is 35.8 Å². The zero-order valence-electron chi connectivity index (χ0n) is 22.4. The quantitative estimate of drug-likeness (QED) is 0.426. The second-order valence-electron chi connectivity index (χ2n) is 10.3. The monoisotopic (exact) mass is 567 g/mol. The number of urea groups is 2. The Morgan fingerprint density at radius 2 is 1.62 bits per heavy atom. The summed E-state index contributed by atoms with van der Waals surface area (Å²) in [6.07, 6.45) is 4.65. The molecule has 2 aromatic rings. The summed E-state index contributed by atoms with van der Waals surface area (Å²) in [5, 5.41) is 8.06. The topological polar surface area (TPSA) is 121 Å². The summed E-state index contributed by atoms with van der Waals surface area (Å²) in [5.41, 5.74) is 1.21. The molecule has 12 heteroatoms. The van der Waals surface area contributed by atoms with Crippen molar-refractivity contribution >= 4 is 52.6 Å². The molecule has 2 saturated heterocycles. The largest absolute Gasteiger partial charge is 0.458 e. The van der Waals surface area contributed by atoms with E-state index in [1.165, 1.54) is 21.0 Å². The average Bonchev–Trinajstić information content (AvgIpc) is 3.33. The van der Waals surface area contributed by atoms with Crippen molar-refractivity contribution in [2.45, 2.75) is 26.9 Å². The molecule has 210 valence electrons. The van der Waals surface area contributed by atoms with Gasteiger partial charge in [-0.2, -0.15) is 0 Å². The van der Waals surface area contributed by atoms with Crippen LogP contribution >= 0.6 is 11.6 Å². The van der Waals surface area contributed by atoms with Crippen LogP contribution in [0, 0.1) is 17.8 Å². The van der Waals surface area contributed by atoms with E-state index in [1.54, 1.807) is 57.2 Å². The van der Waals surface area contributed by atoms with Gasteiger partial charge in [-0.1, -0.05) is 17.5 Å². The molecular weight excluding hydrogens is 538 g/mol. The highest BCUT2D eigenvalue weighted by atomic mass is 35.5. The van der Waals surface area contributed by atoms with Crippen LogP contribution in [0.1, 0.15) is 26.3 Å². The molecule has 2 aliphatic heterocycles. The SMILES string of the molecule is C#Cc1ccc(NC(=O)N2CC(OC(=O)C(C)(C)C)CN2C(=O)Nc2ccc(N3CCOCC3=O)c(Cl)c2)cc1. The number of amides is 5. The first-order valence-electron chi connectivity index (χ1n) is 12.6. The van der Waals surface area contributed by atoms with Crippen LogP contribution in [0.25, 0.3) is 0 Å². The number of hydrogen-bond donors (Lipinski definition) is 2. The van der Waals surface area contributed by atoms with Gasteiger partial charge in [0.15, 0.2) is 0 Å². The highest BCUT2D eigenvalue weighted by molar-refractivity contribution is 6.34. The first-order chi connectivity index (χ1) is 19.0. The van der Waals surface area contributed by atoms with E-state index in [1.807, 2.05) is 0 Å². The Kier molecular flexibility index (Phi) is 8.52. The van der Waals surface area contributed by atoms with Crippen molar-refractivity contribution in [3.05, 3.63) is 53.1 Å². The number of anilines is 3. The van der Waals surface area contributed by atoms with Crippen molar-refractivity contribution < 1.29 is 28.7 Å². The molecule has 0 aliphatic carbocycles. The first-order valence-corrected chi connectivity index (χ1v) is 13.0. The molecule has 0 bridgehead atoms. The number of nitrogens with one attached hydrogen (secondary N) is 2. The smallest absolute Gasteiger partial charge is 0.340 e. The minimum Gasteiger partial charge on any atom is -0.458 e. The van der Waals surface area contributed by atoms with Crippen LogP contribution in [0.2, 0.25) is 5.02 Å². The van der Waals surface area contributed by atoms with E-state index in [4.69, 9.17) is 27.5 Å². The molecule has 2 aromatic carbocycles. The number of benzene rings is 2. The number of ether oxygens (including phenoxy) is 2. The molecule has 40 heavy (non-hydrogen) atoms. The lowest BCUT2D eigenvalue weighted by Gasteiger charge is -2.28. The third-order valence-corrected chi connectivity index (χ3v) is 6.48. The Morgan fingerprint density at radius 1 is 1.02 bits per heavy atom. The Morgan fingerprint density at radius 3 is 2.17 bits per heavy atom. The van der Waals surface area contributed by atoms with Crippen LogP contribution in [-0.2, 0) is 19.1 Å². The normalized spacial score (nSPS) is 17.3. The number of halogens is 1. The molecule has 2 heterocycles. The average molecular weight is 568 g/mol. The molecule has 1 atom stereocenters. The zero-order chi connectivity index (χ0) is 29.0. The molecule has 2 N–H and O–H groups in total. The summed E-state index contributed by atoms with van der Waals surface area (Å²) in [5.74, 6) is 1.84. The second-order valence-corrected chi connectivity index (χ2v) is 10.7. The maximum Gasteiger partial charge on any atom is 0.340 e. The summed E-state index contributed by atoms with van der Waals surface area (Å²) >= 11 is 6.44. The highest BCUT2D eigenvalue weighted by Gasteiger charge is 2.40. The predicted molar refractivity (Wildman–Crippen MR) is 150 cm³/mol. The lowest BCUT2D eigenvalue weighted by molar-refractivity contribution is -0.157. The molecule has 2 aliphatic rings. The molecule has 11 nitrogen and oxygen atoms in total. The zero-order valence-corrected chi connectivity index (χ0v) is 23.2. The molecule has 1 unspecified atom stereocenters. The van der Waals surface area contributed by atoms with E-state index in [0.717, 1.165) is 0 Å². The fourth-order valence-corrected chi connectivity index (χ4v) is 4.31. The van der Waals surface area contributed by atoms with Crippen molar-refractivity contribution in [1.29, 1.82) is 0 Å².